The lowest BCUT2D eigenvalue weighted by atomic mass is 10.0. The highest BCUT2D eigenvalue weighted by atomic mass is 16.5. The van der Waals surface area contributed by atoms with Gasteiger partial charge in [0.15, 0.2) is 28.8 Å². The van der Waals surface area contributed by atoms with Gasteiger partial charge in [-0.3, -0.25) is 0 Å². The normalized spacial score (nSPS) is 14.4. The SMILES string of the molecule is COc1cc(CC=C2CC(CCc3ccc(O)c(OC)c3)=NN2c2ccccn2)ccc1O. The van der Waals surface area contributed by atoms with E-state index in [0.29, 0.717) is 17.9 Å². The van der Waals surface area contributed by atoms with Crippen LogP contribution in [0.4, 0.5) is 5.82 Å². The second kappa shape index (κ2) is 10.1. The first-order chi connectivity index (χ1) is 16.1. The molecule has 7 nitrogen and oxygen atoms in total. The second-order valence-electron chi connectivity index (χ2n) is 7.75. The molecule has 170 valence electrons. The molecule has 2 aromatic carbocycles. The summed E-state index contributed by atoms with van der Waals surface area (Å²) in [6, 6.07) is 16.6. The number of nitrogens with zero attached hydrogens (tertiary/aromatic N) is 3. The monoisotopic (exact) mass is 445 g/mol. The lowest BCUT2D eigenvalue weighted by Crippen LogP contribution is -2.12. The van der Waals surface area contributed by atoms with Gasteiger partial charge in [-0.05, 0) is 66.8 Å². The standard InChI is InChI=1S/C26H27N3O4/c1-32-24-15-18(8-12-22(24)30)6-10-20-17-21(29(28-20)26-5-3-4-14-27-26)11-7-19-9-13-23(31)25(16-19)33-2/h3-5,8-9,11-16,30-31H,6-7,10,17H2,1-2H3. The molecule has 2 heterocycles. The number of aromatic hydroxyl groups is 2. The number of aromatic nitrogens is 1. The minimum atomic E-state index is 0.126. The summed E-state index contributed by atoms with van der Waals surface area (Å²) in [6.07, 6.45) is 6.86. The number of ether oxygens (including phenoxy) is 2. The second-order valence-corrected chi connectivity index (χ2v) is 7.75. The summed E-state index contributed by atoms with van der Waals surface area (Å²) in [7, 11) is 3.09. The van der Waals surface area contributed by atoms with E-state index in [2.05, 4.69) is 11.1 Å². The average Bonchev–Trinajstić information content (AvgIpc) is 3.26. The van der Waals surface area contributed by atoms with Crippen LogP contribution in [0.15, 0.2) is 77.7 Å². The summed E-state index contributed by atoms with van der Waals surface area (Å²) in [5.41, 5.74) is 4.22. The molecule has 0 atom stereocenters. The number of anilines is 1. The average molecular weight is 446 g/mol. The maximum atomic E-state index is 9.84. The van der Waals surface area contributed by atoms with Crippen molar-refractivity contribution < 1.29 is 19.7 Å². The number of rotatable bonds is 8. The molecule has 0 saturated carbocycles. The molecule has 2 N–H and O–H groups in total. The summed E-state index contributed by atoms with van der Waals surface area (Å²) in [5.74, 6) is 1.97. The summed E-state index contributed by atoms with van der Waals surface area (Å²) >= 11 is 0. The fourth-order valence-corrected chi connectivity index (χ4v) is 3.75. The van der Waals surface area contributed by atoms with Crippen molar-refractivity contribution in [3.8, 4) is 23.0 Å². The summed E-state index contributed by atoms with van der Waals surface area (Å²) < 4.78 is 10.4. The van der Waals surface area contributed by atoms with Gasteiger partial charge in [-0.15, -0.1) is 0 Å². The van der Waals surface area contributed by atoms with Crippen molar-refractivity contribution in [3.63, 3.8) is 0 Å². The van der Waals surface area contributed by atoms with Gasteiger partial charge in [-0.1, -0.05) is 24.3 Å². The molecule has 0 saturated heterocycles. The minimum absolute atomic E-state index is 0.126. The van der Waals surface area contributed by atoms with E-state index in [9.17, 15) is 10.2 Å². The number of hydrogen-bond donors (Lipinski definition) is 2. The predicted molar refractivity (Wildman–Crippen MR) is 128 cm³/mol. The molecule has 0 aliphatic carbocycles. The van der Waals surface area contributed by atoms with Crippen LogP contribution in [0.1, 0.15) is 24.0 Å². The Kier molecular flexibility index (Phi) is 6.78. The van der Waals surface area contributed by atoms with Gasteiger partial charge in [-0.2, -0.15) is 5.10 Å². The Balaban J connectivity index is 1.52. The molecule has 0 radical (unpaired) electrons. The summed E-state index contributed by atoms with van der Waals surface area (Å²) in [5, 5.41) is 26.4. The molecule has 0 amide bonds. The quantitative estimate of drug-likeness (QED) is 0.516. The van der Waals surface area contributed by atoms with E-state index in [0.717, 1.165) is 47.6 Å². The number of hydrogen-bond acceptors (Lipinski definition) is 7. The van der Waals surface area contributed by atoms with Crippen LogP contribution < -0.4 is 14.5 Å². The number of pyridine rings is 1. The van der Waals surface area contributed by atoms with Crippen molar-refractivity contribution in [1.82, 2.24) is 4.98 Å². The third kappa shape index (κ3) is 5.26. The topological polar surface area (TPSA) is 87.4 Å². The van der Waals surface area contributed by atoms with E-state index in [1.807, 2.05) is 47.5 Å². The van der Waals surface area contributed by atoms with Gasteiger partial charge in [-0.25, -0.2) is 9.99 Å². The highest BCUT2D eigenvalue weighted by Gasteiger charge is 2.22. The van der Waals surface area contributed by atoms with Gasteiger partial charge in [0.1, 0.15) is 0 Å². The maximum Gasteiger partial charge on any atom is 0.160 e. The minimum Gasteiger partial charge on any atom is -0.504 e. The Morgan fingerprint density at radius 2 is 1.61 bits per heavy atom. The molecule has 1 aliphatic heterocycles. The van der Waals surface area contributed by atoms with Gasteiger partial charge in [0.05, 0.1) is 14.2 Å². The number of phenolic OH excluding ortho intramolecular Hbond substituents is 2. The number of benzene rings is 2. The Morgan fingerprint density at radius 1 is 0.909 bits per heavy atom. The Hall–Kier alpha value is -4.00. The van der Waals surface area contributed by atoms with Crippen LogP contribution in [0.2, 0.25) is 0 Å². The molecular weight excluding hydrogens is 418 g/mol. The third-order valence-electron chi connectivity index (χ3n) is 5.53. The third-order valence-corrected chi connectivity index (χ3v) is 5.53. The Labute approximate surface area is 193 Å². The van der Waals surface area contributed by atoms with Crippen molar-refractivity contribution >= 4 is 11.5 Å². The van der Waals surface area contributed by atoms with Crippen LogP contribution in [0.25, 0.3) is 0 Å². The molecule has 3 aromatic rings. The van der Waals surface area contributed by atoms with Gasteiger partial charge in [0.25, 0.3) is 0 Å². The molecule has 0 fully saturated rings. The van der Waals surface area contributed by atoms with Crippen molar-refractivity contribution in [2.24, 2.45) is 5.10 Å². The van der Waals surface area contributed by atoms with Crippen LogP contribution in [0, 0.1) is 0 Å². The molecule has 0 unspecified atom stereocenters. The number of methoxy groups -OCH3 is 2. The number of aryl methyl sites for hydroxylation is 1. The molecule has 1 aromatic heterocycles. The van der Waals surface area contributed by atoms with Crippen LogP contribution >= 0.6 is 0 Å². The van der Waals surface area contributed by atoms with E-state index in [1.165, 1.54) is 0 Å². The molecule has 33 heavy (non-hydrogen) atoms. The summed E-state index contributed by atoms with van der Waals surface area (Å²) in [4.78, 5) is 4.47. The van der Waals surface area contributed by atoms with Crippen molar-refractivity contribution in [1.29, 1.82) is 0 Å². The van der Waals surface area contributed by atoms with E-state index in [1.54, 1.807) is 32.5 Å². The smallest absolute Gasteiger partial charge is 0.160 e. The van der Waals surface area contributed by atoms with E-state index in [-0.39, 0.29) is 11.5 Å². The van der Waals surface area contributed by atoms with Crippen LogP contribution in [-0.4, -0.2) is 35.1 Å². The maximum absolute atomic E-state index is 9.84. The highest BCUT2D eigenvalue weighted by molar-refractivity contribution is 5.91. The van der Waals surface area contributed by atoms with Gasteiger partial charge in [0.2, 0.25) is 0 Å². The van der Waals surface area contributed by atoms with Crippen molar-refractivity contribution in [3.05, 3.63) is 83.7 Å². The van der Waals surface area contributed by atoms with Gasteiger partial charge in [0, 0.05) is 24.0 Å². The van der Waals surface area contributed by atoms with E-state index < -0.39 is 0 Å². The zero-order valence-corrected chi connectivity index (χ0v) is 18.7. The summed E-state index contributed by atoms with van der Waals surface area (Å²) in [6.45, 7) is 0. The fraction of sp³-hybridized carbons (Fsp3) is 0.231. The lowest BCUT2D eigenvalue weighted by molar-refractivity contribution is 0.373. The molecular formula is C26H27N3O4. The first-order valence-electron chi connectivity index (χ1n) is 10.8. The zero-order chi connectivity index (χ0) is 23.2. The van der Waals surface area contributed by atoms with Gasteiger partial charge >= 0.3 is 0 Å². The van der Waals surface area contributed by atoms with Crippen molar-refractivity contribution in [2.45, 2.75) is 25.7 Å². The number of phenols is 2. The van der Waals surface area contributed by atoms with Crippen LogP contribution in [0.3, 0.4) is 0 Å². The lowest BCUT2D eigenvalue weighted by Gasteiger charge is -2.15. The number of allylic oxidation sites excluding steroid dienone is 2. The van der Waals surface area contributed by atoms with E-state index >= 15 is 0 Å². The number of hydrazone groups is 1. The molecule has 4 rings (SSSR count). The molecule has 1 aliphatic rings. The zero-order valence-electron chi connectivity index (χ0n) is 18.7. The predicted octanol–water partition coefficient (Wildman–Crippen LogP) is 4.84. The van der Waals surface area contributed by atoms with E-state index in [4.69, 9.17) is 14.6 Å². The van der Waals surface area contributed by atoms with Gasteiger partial charge < -0.3 is 19.7 Å². The highest BCUT2D eigenvalue weighted by Crippen LogP contribution is 2.31. The van der Waals surface area contributed by atoms with Crippen molar-refractivity contribution in [2.75, 3.05) is 19.2 Å². The van der Waals surface area contributed by atoms with Crippen LogP contribution in [-0.2, 0) is 12.8 Å². The molecule has 0 bridgehead atoms. The molecule has 0 spiro atoms. The Bertz CT molecular complexity index is 1180. The first-order valence-corrected chi connectivity index (χ1v) is 10.8. The molecule has 7 heteroatoms. The van der Waals surface area contributed by atoms with Crippen LogP contribution in [0.5, 0.6) is 23.0 Å². The largest absolute Gasteiger partial charge is 0.504 e. The Morgan fingerprint density at radius 3 is 2.27 bits per heavy atom. The first kappa shape index (κ1) is 22.2. The fourth-order valence-electron chi connectivity index (χ4n) is 3.75.